The molecule has 61 heavy (non-hydrogen) atoms. The number of aromatic nitrogens is 3. The molecule has 5 heteroatoms. The number of benzene rings is 9. The van der Waals surface area contributed by atoms with Gasteiger partial charge in [0.1, 0.15) is 0 Å². The Labute approximate surface area is 351 Å². The van der Waals surface area contributed by atoms with Crippen molar-refractivity contribution >= 4 is 71.1 Å². The summed E-state index contributed by atoms with van der Waals surface area (Å²) in [6.45, 7) is 8.09. The van der Waals surface area contributed by atoms with Gasteiger partial charge in [-0.15, -0.1) is 0 Å². The van der Waals surface area contributed by atoms with Crippen LogP contribution in [0.1, 0.15) is 5.56 Å². The topological polar surface area (TPSA) is 42.9 Å². The summed E-state index contributed by atoms with van der Waals surface area (Å²) in [6.07, 6.45) is 0. The number of nitriles is 1. The molecule has 0 bridgehead atoms. The fraction of sp³-hybridized carbons (Fsp3) is 0. The quantitative estimate of drug-likeness (QED) is 0.161. The molecule has 0 unspecified atom stereocenters. The zero-order chi connectivity index (χ0) is 40.6. The molecule has 12 aromatic rings. The van der Waals surface area contributed by atoms with Crippen LogP contribution in [0, 0.1) is 17.9 Å². The van der Waals surface area contributed by atoms with Gasteiger partial charge < -0.3 is 13.7 Å². The van der Waals surface area contributed by atoms with Crippen molar-refractivity contribution in [2.75, 3.05) is 0 Å². The van der Waals surface area contributed by atoms with E-state index in [9.17, 15) is 5.26 Å². The maximum atomic E-state index is 9.68. The van der Waals surface area contributed by atoms with Crippen molar-refractivity contribution < 1.29 is 0 Å². The summed E-state index contributed by atoms with van der Waals surface area (Å²) < 4.78 is 7.21. The second-order valence-corrected chi connectivity index (χ2v) is 15.5. The predicted molar refractivity (Wildman–Crippen MR) is 251 cm³/mol. The first kappa shape index (κ1) is 34.4. The summed E-state index contributed by atoms with van der Waals surface area (Å²) >= 11 is 0. The van der Waals surface area contributed by atoms with E-state index in [0.717, 1.165) is 72.2 Å². The third-order valence-electron chi connectivity index (χ3n) is 12.3. The second kappa shape index (κ2) is 13.5. The molecule has 0 atom stereocenters. The van der Waals surface area contributed by atoms with E-state index in [1.54, 1.807) is 12.1 Å². The first-order valence-electron chi connectivity index (χ1n) is 20.4. The Morgan fingerprint density at radius 2 is 0.951 bits per heavy atom. The van der Waals surface area contributed by atoms with E-state index in [1.807, 2.05) is 12.1 Å². The highest BCUT2D eigenvalue weighted by Crippen LogP contribution is 2.45. The molecule has 0 fully saturated rings. The van der Waals surface area contributed by atoms with Gasteiger partial charge in [-0.1, -0.05) is 121 Å². The Morgan fingerprint density at radius 1 is 0.393 bits per heavy atom. The molecule has 0 saturated carbocycles. The summed E-state index contributed by atoms with van der Waals surface area (Å²) in [6, 6.07) is 72.7. The normalized spacial score (nSPS) is 11.6. The minimum Gasteiger partial charge on any atom is -0.309 e. The van der Waals surface area contributed by atoms with E-state index in [1.165, 1.54) is 32.6 Å². The molecule has 0 amide bonds. The number of rotatable bonds is 5. The van der Waals surface area contributed by atoms with Crippen LogP contribution in [0.25, 0.3) is 110 Å². The molecular weight excluding hydrogens is 743 g/mol. The second-order valence-electron chi connectivity index (χ2n) is 15.5. The summed E-state index contributed by atoms with van der Waals surface area (Å²) in [5.74, 6) is 0. The first-order valence-corrected chi connectivity index (χ1v) is 20.4. The number of hydrogen-bond acceptors (Lipinski definition) is 1. The van der Waals surface area contributed by atoms with Crippen LogP contribution in [0.15, 0.2) is 200 Å². The first-order chi connectivity index (χ1) is 30.2. The molecule has 0 spiro atoms. The third-order valence-corrected chi connectivity index (χ3v) is 12.3. The van der Waals surface area contributed by atoms with Gasteiger partial charge in [-0.05, 0) is 101 Å². The molecule has 0 saturated heterocycles. The van der Waals surface area contributed by atoms with Crippen molar-refractivity contribution in [3.8, 4) is 45.4 Å². The van der Waals surface area contributed by atoms with Gasteiger partial charge in [0.15, 0.2) is 5.69 Å². The molecule has 9 aromatic carbocycles. The predicted octanol–water partition coefficient (Wildman–Crippen LogP) is 14.7. The van der Waals surface area contributed by atoms with Crippen LogP contribution >= 0.6 is 0 Å². The van der Waals surface area contributed by atoms with Crippen molar-refractivity contribution in [2.24, 2.45) is 0 Å². The van der Waals surface area contributed by atoms with Crippen molar-refractivity contribution in [1.29, 1.82) is 5.26 Å². The van der Waals surface area contributed by atoms with Crippen LogP contribution in [0.5, 0.6) is 0 Å². The summed E-state index contributed by atoms with van der Waals surface area (Å²) in [7, 11) is 0. The van der Waals surface area contributed by atoms with Gasteiger partial charge in [-0.2, -0.15) is 5.26 Å². The van der Waals surface area contributed by atoms with E-state index in [4.69, 9.17) is 6.57 Å². The minimum absolute atomic E-state index is 0.453. The van der Waals surface area contributed by atoms with Gasteiger partial charge in [0.25, 0.3) is 0 Å². The van der Waals surface area contributed by atoms with E-state index in [2.05, 4.69) is 201 Å². The van der Waals surface area contributed by atoms with Crippen LogP contribution in [-0.4, -0.2) is 13.7 Å². The van der Waals surface area contributed by atoms with Gasteiger partial charge in [-0.25, -0.2) is 4.85 Å². The summed E-state index contributed by atoms with van der Waals surface area (Å²) in [5, 5.41) is 16.8. The molecule has 3 aromatic heterocycles. The zero-order valence-corrected chi connectivity index (χ0v) is 32.8. The fourth-order valence-corrected chi connectivity index (χ4v) is 9.69. The lowest BCUT2D eigenvalue weighted by atomic mass is 9.92. The maximum absolute atomic E-state index is 9.68. The lowest BCUT2D eigenvalue weighted by Crippen LogP contribution is -1.98. The van der Waals surface area contributed by atoms with Gasteiger partial charge in [0, 0.05) is 54.9 Å². The van der Waals surface area contributed by atoms with E-state index < -0.39 is 0 Å². The Kier molecular flexibility index (Phi) is 7.59. The highest BCUT2D eigenvalue weighted by molar-refractivity contribution is 6.26. The van der Waals surface area contributed by atoms with Gasteiger partial charge in [0.05, 0.1) is 45.7 Å². The van der Waals surface area contributed by atoms with Crippen molar-refractivity contribution in [3.05, 3.63) is 217 Å². The Hall–Kier alpha value is -8.64. The molecule has 3 heterocycles. The van der Waals surface area contributed by atoms with E-state index in [-0.39, 0.29) is 0 Å². The molecule has 0 N–H and O–H groups in total. The average Bonchev–Trinajstić information content (AvgIpc) is 3.97. The largest absolute Gasteiger partial charge is 0.309 e. The van der Waals surface area contributed by atoms with Crippen LogP contribution in [0.4, 0.5) is 5.69 Å². The number of hydrogen-bond donors (Lipinski definition) is 0. The van der Waals surface area contributed by atoms with Gasteiger partial charge >= 0.3 is 0 Å². The fourth-order valence-electron chi connectivity index (χ4n) is 9.69. The van der Waals surface area contributed by atoms with Crippen molar-refractivity contribution in [2.45, 2.75) is 0 Å². The molecule has 0 aliphatic carbocycles. The van der Waals surface area contributed by atoms with Crippen molar-refractivity contribution in [3.63, 3.8) is 0 Å². The third kappa shape index (κ3) is 5.12. The van der Waals surface area contributed by atoms with Crippen molar-refractivity contribution in [1.82, 2.24) is 13.7 Å². The Balaban J connectivity index is 1.21. The molecular formula is C56H33N5. The maximum Gasteiger partial charge on any atom is 0.196 e. The Bertz CT molecular complexity index is 3780. The van der Waals surface area contributed by atoms with Gasteiger partial charge in [-0.3, -0.25) is 0 Å². The highest BCUT2D eigenvalue weighted by Gasteiger charge is 2.23. The zero-order valence-electron chi connectivity index (χ0n) is 32.8. The Morgan fingerprint density at radius 3 is 1.66 bits per heavy atom. The molecule has 0 radical (unpaired) electrons. The van der Waals surface area contributed by atoms with E-state index in [0.29, 0.717) is 11.3 Å². The van der Waals surface area contributed by atoms with E-state index >= 15 is 0 Å². The molecule has 0 aliphatic rings. The molecule has 282 valence electrons. The molecule has 12 rings (SSSR count). The summed E-state index contributed by atoms with van der Waals surface area (Å²) in [4.78, 5) is 3.89. The number of fused-ring (bicyclic) bond motifs is 10. The average molecular weight is 776 g/mol. The SMILES string of the molecule is [C-]#[N+]c1cc(C#N)ccc1-c1ccc(-n2c3ccc(-n4c5ccccc5c5ccccc54)cc3c3ccc4c(c5ccccc5n4-c4ccccc4)c32)cc1-c1ccccc1. The lowest BCUT2D eigenvalue weighted by Gasteiger charge is -2.17. The van der Waals surface area contributed by atoms with Crippen LogP contribution in [-0.2, 0) is 0 Å². The summed E-state index contributed by atoms with van der Waals surface area (Å²) in [5.41, 5.74) is 14.8. The lowest BCUT2D eigenvalue weighted by molar-refractivity contribution is 1.17. The standard InChI is InChI=1S/C56H33N5/c1-58-49-32-36(35-57)24-27-42(49)41-28-25-40(33-47(41)37-14-4-2-5-15-37)61-53-30-26-39(60-50-21-11-8-18-43(50)44-19-9-12-22-51(44)60)34-48(53)45-29-31-54-55(56(45)61)46-20-10-13-23-52(46)59(54)38-16-6-3-7-17-38/h2-34H. The smallest absolute Gasteiger partial charge is 0.196 e. The monoisotopic (exact) mass is 775 g/mol. The van der Waals surface area contributed by atoms with Crippen LogP contribution in [0.3, 0.4) is 0 Å². The number of nitrogens with zero attached hydrogens (tertiary/aromatic N) is 5. The highest BCUT2D eigenvalue weighted by atomic mass is 15.0. The van der Waals surface area contributed by atoms with Crippen LogP contribution < -0.4 is 0 Å². The van der Waals surface area contributed by atoms with Crippen LogP contribution in [0.2, 0.25) is 0 Å². The molecule has 0 aliphatic heterocycles. The van der Waals surface area contributed by atoms with Gasteiger partial charge in [0.2, 0.25) is 0 Å². The minimum atomic E-state index is 0.453. The molecule has 5 nitrogen and oxygen atoms in total. The number of para-hydroxylation sites is 4.